The maximum atomic E-state index is 11.9. The average molecular weight is 400 g/mol. The molecule has 1 aromatic carbocycles. The van der Waals surface area contributed by atoms with Crippen LogP contribution < -0.4 is 9.64 Å². The Morgan fingerprint density at radius 3 is 2.69 bits per heavy atom. The molecule has 3 rings (SSSR count). The molecule has 1 aromatic heterocycles. The summed E-state index contributed by atoms with van der Waals surface area (Å²) in [6, 6.07) is 7.36. The van der Waals surface area contributed by atoms with Gasteiger partial charge in [0.1, 0.15) is 12.1 Å². The van der Waals surface area contributed by atoms with Crippen molar-refractivity contribution in [1.29, 1.82) is 0 Å². The van der Waals surface area contributed by atoms with E-state index in [1.54, 1.807) is 17.9 Å². The van der Waals surface area contributed by atoms with Crippen LogP contribution in [0.2, 0.25) is 0 Å². The largest absolute Gasteiger partial charge is 0.466 e. The van der Waals surface area contributed by atoms with Crippen molar-refractivity contribution in [3.63, 3.8) is 0 Å². The van der Waals surface area contributed by atoms with E-state index in [4.69, 9.17) is 9.47 Å². The number of aryl methyl sites for hydroxylation is 1. The number of rotatable bonds is 7. The summed E-state index contributed by atoms with van der Waals surface area (Å²) in [5.41, 5.74) is 0.782. The molecule has 1 fully saturated rings. The van der Waals surface area contributed by atoms with Gasteiger partial charge in [0.25, 0.3) is 0 Å². The molecule has 0 atom stereocenters. The Morgan fingerprint density at radius 1 is 1.28 bits per heavy atom. The second kappa shape index (κ2) is 9.31. The molecule has 0 N–H and O–H groups in total. The van der Waals surface area contributed by atoms with Gasteiger partial charge < -0.3 is 14.4 Å². The normalized spacial score (nSPS) is 14.5. The molecule has 0 amide bonds. The second-order valence-electron chi connectivity index (χ2n) is 6.72. The van der Waals surface area contributed by atoms with Crippen LogP contribution in [0.25, 0.3) is 0 Å². The molecule has 0 unspecified atom stereocenters. The van der Waals surface area contributed by atoms with Crippen molar-refractivity contribution in [2.24, 2.45) is 5.92 Å². The maximum absolute atomic E-state index is 11.9. The Hall–Kier alpha value is -3.23. The van der Waals surface area contributed by atoms with Crippen LogP contribution in [-0.2, 0) is 16.0 Å². The lowest BCUT2D eigenvalue weighted by atomic mass is 9.97. The Kier molecular flexibility index (Phi) is 6.58. The summed E-state index contributed by atoms with van der Waals surface area (Å²) in [4.78, 5) is 33.1. The fourth-order valence-corrected chi connectivity index (χ4v) is 3.35. The maximum Gasteiger partial charge on any atom is 0.373 e. The monoisotopic (exact) mass is 400 g/mol. The first-order chi connectivity index (χ1) is 14.0. The molecular weight excluding hydrogens is 376 g/mol. The van der Waals surface area contributed by atoms with E-state index in [0.717, 1.165) is 12.0 Å². The van der Waals surface area contributed by atoms with Crippen molar-refractivity contribution in [3.05, 3.63) is 46.3 Å². The van der Waals surface area contributed by atoms with Gasteiger partial charge in [-0.05, 0) is 43.9 Å². The Bertz CT molecular complexity index is 881. The van der Waals surface area contributed by atoms with Gasteiger partial charge in [0.05, 0.1) is 17.4 Å². The van der Waals surface area contributed by atoms with Crippen molar-refractivity contribution < 1.29 is 19.2 Å². The summed E-state index contributed by atoms with van der Waals surface area (Å²) >= 11 is 0. The highest BCUT2D eigenvalue weighted by molar-refractivity contribution is 5.73. The minimum atomic E-state index is -0.522. The van der Waals surface area contributed by atoms with Gasteiger partial charge in [0, 0.05) is 13.1 Å². The van der Waals surface area contributed by atoms with Crippen LogP contribution in [-0.4, -0.2) is 40.6 Å². The number of carbonyl (C=O) groups is 1. The lowest BCUT2D eigenvalue weighted by Gasteiger charge is -2.31. The fraction of sp³-hybridized carbons (Fsp3) is 0.450. The molecule has 9 nitrogen and oxygen atoms in total. The number of nitrogens with zero attached hydrogens (tertiary/aromatic N) is 4. The minimum Gasteiger partial charge on any atom is -0.466 e. The first-order valence-corrected chi connectivity index (χ1v) is 9.71. The van der Waals surface area contributed by atoms with E-state index in [1.807, 2.05) is 25.1 Å². The zero-order valence-electron chi connectivity index (χ0n) is 16.5. The van der Waals surface area contributed by atoms with Crippen LogP contribution in [0.15, 0.2) is 30.6 Å². The van der Waals surface area contributed by atoms with E-state index < -0.39 is 4.92 Å². The number of ether oxygens (including phenoxy) is 2. The van der Waals surface area contributed by atoms with Crippen molar-refractivity contribution in [3.8, 4) is 11.6 Å². The number of nitro groups is 1. The Balaban J connectivity index is 1.82. The first kappa shape index (κ1) is 20.5. The first-order valence-electron chi connectivity index (χ1n) is 9.71. The predicted molar refractivity (Wildman–Crippen MR) is 106 cm³/mol. The van der Waals surface area contributed by atoms with Gasteiger partial charge in [-0.2, -0.15) is 4.98 Å². The van der Waals surface area contributed by atoms with Crippen LogP contribution in [0.3, 0.4) is 0 Å². The third kappa shape index (κ3) is 4.79. The number of benzene rings is 1. The van der Waals surface area contributed by atoms with Gasteiger partial charge in [-0.3, -0.25) is 14.9 Å². The number of carbonyl (C=O) groups excluding carboxylic acids is 1. The van der Waals surface area contributed by atoms with Gasteiger partial charge in [-0.15, -0.1) is 0 Å². The summed E-state index contributed by atoms with van der Waals surface area (Å²) in [7, 11) is 0. The summed E-state index contributed by atoms with van der Waals surface area (Å²) in [6.07, 6.45) is 3.19. The van der Waals surface area contributed by atoms with Gasteiger partial charge in [-0.1, -0.05) is 19.1 Å². The summed E-state index contributed by atoms with van der Waals surface area (Å²) < 4.78 is 10.8. The molecule has 0 saturated carbocycles. The van der Waals surface area contributed by atoms with Crippen LogP contribution in [0.4, 0.5) is 11.5 Å². The number of anilines is 1. The topological polar surface area (TPSA) is 108 Å². The molecule has 0 spiro atoms. The molecule has 2 heterocycles. The quantitative estimate of drug-likeness (QED) is 0.395. The molecule has 0 bridgehead atoms. The SMILES string of the molecule is CCOC(=O)C1CCN(c2ncnc(Oc3cccc(CC)c3)c2[N+](=O)[O-])CC1. The van der Waals surface area contributed by atoms with Gasteiger partial charge >= 0.3 is 17.5 Å². The zero-order valence-corrected chi connectivity index (χ0v) is 16.5. The van der Waals surface area contributed by atoms with Gasteiger partial charge in [0.15, 0.2) is 0 Å². The molecule has 0 radical (unpaired) electrons. The fourth-order valence-electron chi connectivity index (χ4n) is 3.35. The number of hydrogen-bond acceptors (Lipinski definition) is 8. The average Bonchev–Trinajstić information content (AvgIpc) is 2.74. The van der Waals surface area contributed by atoms with Gasteiger partial charge in [-0.25, -0.2) is 4.98 Å². The van der Waals surface area contributed by atoms with Crippen LogP contribution >= 0.6 is 0 Å². The molecule has 1 aliphatic rings. The lowest BCUT2D eigenvalue weighted by molar-refractivity contribution is -0.385. The summed E-state index contributed by atoms with van der Waals surface area (Å²) in [6.45, 7) is 5.06. The van der Waals surface area contributed by atoms with Crippen molar-refractivity contribution in [1.82, 2.24) is 9.97 Å². The van der Waals surface area contributed by atoms with E-state index >= 15 is 0 Å². The van der Waals surface area contributed by atoms with E-state index in [1.165, 1.54) is 6.33 Å². The van der Waals surface area contributed by atoms with Crippen LogP contribution in [0.5, 0.6) is 11.6 Å². The van der Waals surface area contributed by atoms with Crippen molar-refractivity contribution in [2.45, 2.75) is 33.1 Å². The number of piperidine rings is 1. The van der Waals surface area contributed by atoms with Crippen LogP contribution in [0, 0.1) is 16.0 Å². The molecular formula is C20H24N4O5. The number of esters is 1. The standard InChI is InChI=1S/C20H24N4O5/c1-3-14-6-5-7-16(12-14)29-19-17(24(26)27)18(21-13-22-19)23-10-8-15(9-11-23)20(25)28-4-2/h5-7,12-13,15H,3-4,8-11H2,1-2H3. The number of aromatic nitrogens is 2. The highest BCUT2D eigenvalue weighted by Gasteiger charge is 2.33. The van der Waals surface area contributed by atoms with E-state index in [-0.39, 0.29) is 29.3 Å². The minimum absolute atomic E-state index is 0.0965. The predicted octanol–water partition coefficient (Wildman–Crippen LogP) is 3.52. The van der Waals surface area contributed by atoms with E-state index in [9.17, 15) is 14.9 Å². The van der Waals surface area contributed by atoms with Crippen molar-refractivity contribution in [2.75, 3.05) is 24.6 Å². The second-order valence-corrected chi connectivity index (χ2v) is 6.72. The molecule has 29 heavy (non-hydrogen) atoms. The molecule has 154 valence electrons. The third-order valence-corrected chi connectivity index (χ3v) is 4.89. The Labute approximate surface area is 168 Å². The molecule has 1 aliphatic heterocycles. The molecule has 1 saturated heterocycles. The summed E-state index contributed by atoms with van der Waals surface area (Å²) in [5, 5.41) is 11.8. The molecule has 0 aliphatic carbocycles. The Morgan fingerprint density at radius 2 is 2.03 bits per heavy atom. The highest BCUT2D eigenvalue weighted by atomic mass is 16.6. The highest BCUT2D eigenvalue weighted by Crippen LogP contribution is 2.37. The van der Waals surface area contributed by atoms with Crippen LogP contribution in [0.1, 0.15) is 32.3 Å². The zero-order chi connectivity index (χ0) is 20.8. The van der Waals surface area contributed by atoms with E-state index in [2.05, 4.69) is 9.97 Å². The lowest BCUT2D eigenvalue weighted by Crippen LogP contribution is -2.37. The van der Waals surface area contributed by atoms with E-state index in [0.29, 0.717) is 38.3 Å². The van der Waals surface area contributed by atoms with Gasteiger partial charge in [0.2, 0.25) is 5.82 Å². The smallest absolute Gasteiger partial charge is 0.373 e. The molecule has 2 aromatic rings. The third-order valence-electron chi connectivity index (χ3n) is 4.89. The number of hydrogen-bond donors (Lipinski definition) is 0. The van der Waals surface area contributed by atoms with Crippen molar-refractivity contribution >= 4 is 17.5 Å². The summed E-state index contributed by atoms with van der Waals surface area (Å²) in [5.74, 6) is 0.177. The molecule has 9 heteroatoms.